The van der Waals surface area contributed by atoms with Crippen LogP contribution in [0.4, 0.5) is 0 Å². The number of phosphoric acid groups is 2. The molecule has 113 heavy (non-hydrogen) atoms. The summed E-state index contributed by atoms with van der Waals surface area (Å²) in [6, 6.07) is 0. The summed E-state index contributed by atoms with van der Waals surface area (Å²) in [4.78, 5) is 58.8. The smallest absolute Gasteiger partial charge is 0.463 e. The second kappa shape index (κ2) is 86.5. The van der Waals surface area contributed by atoms with Crippen LogP contribution in [0.25, 0.3) is 0 Å². The molecule has 0 rings (SSSR count). The summed E-state index contributed by atoms with van der Waals surface area (Å²) >= 11 is 0. The SMILES string of the molecule is CC/C=C\C/C=C\C/C=C\C/C=C\C/C=C\C/C=C\CCCCCCCCCCCCCCC(=O)OCC(COP(=O)(O)OCC(O)COP(=O)(O)OCC(O)COC(=O)CCCCCCCCCCCCCCCCCCC/C=C\C/C=C\C/C=C\C/C=C\C/C=C\CC)OC(=O)CCCCCCC/C=C\C/C=C\CCC. The van der Waals surface area contributed by atoms with Gasteiger partial charge in [0.1, 0.15) is 25.4 Å². The minimum Gasteiger partial charge on any atom is -0.463 e. The maximum absolute atomic E-state index is 13.0. The van der Waals surface area contributed by atoms with Gasteiger partial charge >= 0.3 is 33.6 Å². The largest absolute Gasteiger partial charge is 0.472 e. The maximum Gasteiger partial charge on any atom is 0.472 e. The monoisotopic (exact) mass is 1620 g/mol. The highest BCUT2D eigenvalue weighted by Gasteiger charge is 2.29. The van der Waals surface area contributed by atoms with E-state index in [4.69, 9.17) is 32.3 Å². The molecular weight excluding hydrogens is 1460 g/mol. The highest BCUT2D eigenvalue weighted by Crippen LogP contribution is 2.45. The third-order valence-corrected chi connectivity index (χ3v) is 20.6. The Balaban J connectivity index is 4.41. The van der Waals surface area contributed by atoms with Crippen LogP contribution in [0.2, 0.25) is 0 Å². The molecule has 0 fully saturated rings. The third kappa shape index (κ3) is 87.8. The summed E-state index contributed by atoms with van der Waals surface area (Å²) in [5.41, 5.74) is 0. The highest BCUT2D eigenvalue weighted by molar-refractivity contribution is 7.47. The van der Waals surface area contributed by atoms with Crippen LogP contribution in [0.3, 0.4) is 0 Å². The van der Waals surface area contributed by atoms with Gasteiger partial charge in [-0.3, -0.25) is 32.5 Å². The third-order valence-electron chi connectivity index (χ3n) is 18.7. The van der Waals surface area contributed by atoms with Crippen LogP contribution in [0, 0.1) is 0 Å². The Morgan fingerprint density at radius 1 is 0.257 bits per heavy atom. The van der Waals surface area contributed by atoms with E-state index in [1.54, 1.807) is 0 Å². The minimum atomic E-state index is -4.94. The zero-order valence-corrected chi connectivity index (χ0v) is 73.0. The van der Waals surface area contributed by atoms with Crippen LogP contribution >= 0.6 is 15.6 Å². The van der Waals surface area contributed by atoms with E-state index in [9.17, 15) is 43.5 Å². The second-order valence-corrected chi connectivity index (χ2v) is 32.5. The molecule has 0 aliphatic heterocycles. The zero-order valence-electron chi connectivity index (χ0n) is 71.3. The van der Waals surface area contributed by atoms with Gasteiger partial charge in [0.15, 0.2) is 6.10 Å². The van der Waals surface area contributed by atoms with Gasteiger partial charge in [-0.15, -0.1) is 0 Å². The molecule has 0 aromatic carbocycles. The quantitative estimate of drug-likeness (QED) is 0.0146. The molecule has 5 unspecified atom stereocenters. The number of esters is 3. The summed E-state index contributed by atoms with van der Waals surface area (Å²) in [7, 11) is -9.80. The fourth-order valence-electron chi connectivity index (χ4n) is 12.0. The number of rotatable bonds is 84. The van der Waals surface area contributed by atoms with Gasteiger partial charge in [0, 0.05) is 19.3 Å². The molecule has 18 heteroatoms. The predicted octanol–water partition coefficient (Wildman–Crippen LogP) is 27.3. The molecule has 4 N–H and O–H groups in total. The van der Waals surface area contributed by atoms with E-state index >= 15 is 0 Å². The Kier molecular flexibility index (Phi) is 82.8. The van der Waals surface area contributed by atoms with Gasteiger partial charge in [-0.25, -0.2) is 9.13 Å². The van der Waals surface area contributed by atoms with Crippen LogP contribution in [0.1, 0.15) is 367 Å². The zero-order chi connectivity index (χ0) is 82.2. The number of ether oxygens (including phenoxy) is 3. The Bertz CT molecular complexity index is 2680. The van der Waals surface area contributed by atoms with Crippen LogP contribution < -0.4 is 0 Å². The number of carbonyl (C=O) groups excluding carboxylic acids is 3. The van der Waals surface area contributed by atoms with Crippen LogP contribution in [0.5, 0.6) is 0 Å². The van der Waals surface area contributed by atoms with E-state index < -0.39 is 91.5 Å². The summed E-state index contributed by atoms with van der Waals surface area (Å²) in [5, 5.41) is 20.7. The molecule has 0 amide bonds. The Morgan fingerprint density at radius 3 is 0.743 bits per heavy atom. The average molecular weight is 1620 g/mol. The molecule has 0 radical (unpaired) electrons. The van der Waals surface area contributed by atoms with E-state index in [0.29, 0.717) is 19.3 Å². The molecule has 0 bridgehead atoms. The molecule has 0 aromatic heterocycles. The van der Waals surface area contributed by atoms with Crippen molar-refractivity contribution < 1.29 is 75.8 Å². The number of phosphoric ester groups is 2. The number of aliphatic hydroxyl groups excluding tert-OH is 2. The van der Waals surface area contributed by atoms with Crippen molar-refractivity contribution in [3.05, 3.63) is 158 Å². The second-order valence-electron chi connectivity index (χ2n) is 29.6. The van der Waals surface area contributed by atoms with Gasteiger partial charge in [0.2, 0.25) is 0 Å². The predicted molar refractivity (Wildman–Crippen MR) is 472 cm³/mol. The lowest BCUT2D eigenvalue weighted by molar-refractivity contribution is -0.161. The molecule has 0 aromatic rings. The summed E-state index contributed by atoms with van der Waals surface area (Å²) in [5.74, 6) is -1.59. The molecule has 0 aliphatic carbocycles. The molecule has 648 valence electrons. The number of allylic oxidation sites excluding steroid dienone is 26. The number of carbonyl (C=O) groups is 3. The lowest BCUT2D eigenvalue weighted by atomic mass is 10.0. The van der Waals surface area contributed by atoms with Gasteiger partial charge in [-0.05, 0) is 141 Å². The average Bonchev–Trinajstić information content (AvgIpc) is 0.887. The Morgan fingerprint density at radius 2 is 0.469 bits per heavy atom. The molecule has 0 spiro atoms. The van der Waals surface area contributed by atoms with Crippen molar-refractivity contribution in [2.45, 2.75) is 386 Å². The first kappa shape index (κ1) is 108. The van der Waals surface area contributed by atoms with Gasteiger partial charge in [0.25, 0.3) is 0 Å². The van der Waals surface area contributed by atoms with Gasteiger partial charge in [0.05, 0.1) is 26.4 Å². The number of hydrogen-bond donors (Lipinski definition) is 4. The van der Waals surface area contributed by atoms with E-state index in [2.05, 4.69) is 179 Å². The fraction of sp³-hybridized carbons (Fsp3) is 0.695. The molecule has 0 saturated carbocycles. The number of aliphatic hydroxyl groups is 2. The van der Waals surface area contributed by atoms with Gasteiger partial charge < -0.3 is 34.2 Å². The van der Waals surface area contributed by atoms with Crippen LogP contribution in [-0.4, -0.2) is 95.9 Å². The molecular formula is C95H162O16P2. The van der Waals surface area contributed by atoms with Crippen molar-refractivity contribution in [1.29, 1.82) is 0 Å². The van der Waals surface area contributed by atoms with E-state index in [1.807, 2.05) is 0 Å². The molecule has 0 heterocycles. The van der Waals surface area contributed by atoms with Crippen molar-refractivity contribution in [1.82, 2.24) is 0 Å². The van der Waals surface area contributed by atoms with Gasteiger partial charge in [-0.2, -0.15) is 0 Å². The molecule has 0 aliphatic rings. The first-order chi connectivity index (χ1) is 55.2. The minimum absolute atomic E-state index is 0.0857. The molecule has 16 nitrogen and oxygen atoms in total. The first-order valence-corrected chi connectivity index (χ1v) is 47.8. The van der Waals surface area contributed by atoms with Gasteiger partial charge in [-0.1, -0.05) is 365 Å². The first-order valence-electron chi connectivity index (χ1n) is 44.8. The fourth-order valence-corrected chi connectivity index (χ4v) is 13.6. The topological polar surface area (TPSA) is 231 Å². The van der Waals surface area contributed by atoms with Crippen molar-refractivity contribution in [2.24, 2.45) is 0 Å². The molecule has 5 atom stereocenters. The van der Waals surface area contributed by atoms with Crippen molar-refractivity contribution in [3.8, 4) is 0 Å². The van der Waals surface area contributed by atoms with Crippen molar-refractivity contribution in [3.63, 3.8) is 0 Å². The van der Waals surface area contributed by atoms with E-state index in [0.717, 1.165) is 173 Å². The standard InChI is InChI=1S/C95H162O16P2/c1-4-7-10-13-16-19-22-25-27-29-31-33-35-37-39-41-43-44-46-48-49-51-53-55-57-59-61-64-66-69-72-75-78-81-93(98)105-84-90(96)85-107-112(101,102)108-86-91(97)87-109-113(103,104)110-89-92(111-95(100)83-80-77-74-71-68-63-24-21-18-15-12-9-6-3)88-106-94(99)82-79-76-73-70-67-65-62-60-58-56-54-52-50-47-45-42-40-38-36-34-32-30-28-26-23-20-17-14-11-8-5-2/h7-8,10-12,15-17,19-21,24-28,31-34,37-40,45,47,90-92,96-97H,4-6,9,13-14,18,22-23,29-30,35-36,41-44,46,48-89H2,1-3H3,(H,101,102)(H,103,104)/b10-7-,11-8-,15-12-,19-16-,20-17-,24-21-,27-25-,28-26-,33-31-,34-32-,39-37-,40-38-,47-45-. The lowest BCUT2D eigenvalue weighted by Crippen LogP contribution is -2.30. The normalized spacial score (nSPS) is 14.6. The number of hydrogen-bond acceptors (Lipinski definition) is 14. The van der Waals surface area contributed by atoms with Crippen LogP contribution in [-0.2, 0) is 55.8 Å². The van der Waals surface area contributed by atoms with Crippen LogP contribution in [0.15, 0.2) is 158 Å². The number of unbranched alkanes of at least 4 members (excludes halogenated alkanes) is 35. The maximum atomic E-state index is 13.0. The molecule has 0 saturated heterocycles. The van der Waals surface area contributed by atoms with E-state index in [-0.39, 0.29) is 19.3 Å². The van der Waals surface area contributed by atoms with Crippen molar-refractivity contribution in [2.75, 3.05) is 39.6 Å². The summed E-state index contributed by atoms with van der Waals surface area (Å²) in [6.45, 7) is 2.40. The Labute approximate surface area is 689 Å². The Hall–Kier alpha value is -4.83. The summed E-state index contributed by atoms with van der Waals surface area (Å²) < 4.78 is 61.3. The van der Waals surface area contributed by atoms with E-state index in [1.165, 1.54) is 135 Å². The highest BCUT2D eigenvalue weighted by atomic mass is 31.2. The summed E-state index contributed by atoms with van der Waals surface area (Å²) in [6.07, 6.45) is 110. The lowest BCUT2D eigenvalue weighted by Gasteiger charge is -2.21. The van der Waals surface area contributed by atoms with Crippen molar-refractivity contribution >= 4 is 33.6 Å².